The molecule has 112 valence electrons. The van der Waals surface area contributed by atoms with E-state index in [1.807, 2.05) is 12.1 Å². The lowest BCUT2D eigenvalue weighted by Gasteiger charge is -2.14. The van der Waals surface area contributed by atoms with Gasteiger partial charge in [-0.05, 0) is 48.5 Å². The van der Waals surface area contributed by atoms with Gasteiger partial charge in [0.2, 0.25) is 0 Å². The number of nitrogens with zero attached hydrogens (tertiary/aromatic N) is 1. The number of benzene rings is 1. The largest absolute Gasteiger partial charge is 0.440 e. The van der Waals surface area contributed by atoms with Crippen LogP contribution < -0.4 is 5.32 Å². The molecule has 0 bridgehead atoms. The lowest BCUT2D eigenvalue weighted by atomic mass is 10.1. The fraction of sp³-hybridized carbons (Fsp3) is 0.312. The molecule has 21 heavy (non-hydrogen) atoms. The number of amides is 1. The van der Waals surface area contributed by atoms with E-state index in [2.05, 4.69) is 36.3 Å². The van der Waals surface area contributed by atoms with Gasteiger partial charge >= 0.3 is 0 Å². The summed E-state index contributed by atoms with van der Waals surface area (Å²) in [6.07, 6.45) is 0. The Kier molecular flexibility index (Phi) is 5.42. The van der Waals surface area contributed by atoms with Crippen LogP contribution >= 0.6 is 11.6 Å². The summed E-state index contributed by atoms with van der Waals surface area (Å²) >= 11 is 5.65. The molecule has 5 heteroatoms. The zero-order valence-corrected chi connectivity index (χ0v) is 13.0. The van der Waals surface area contributed by atoms with Gasteiger partial charge in [-0.2, -0.15) is 0 Å². The van der Waals surface area contributed by atoms with E-state index in [0.717, 1.165) is 18.7 Å². The van der Waals surface area contributed by atoms with Crippen molar-refractivity contribution < 1.29 is 9.21 Å². The highest BCUT2D eigenvalue weighted by Crippen LogP contribution is 2.13. The molecule has 0 aliphatic rings. The van der Waals surface area contributed by atoms with E-state index < -0.39 is 0 Å². The van der Waals surface area contributed by atoms with E-state index in [4.69, 9.17) is 16.0 Å². The quantitative estimate of drug-likeness (QED) is 0.890. The average molecular weight is 307 g/mol. The van der Waals surface area contributed by atoms with Gasteiger partial charge in [0, 0.05) is 13.1 Å². The van der Waals surface area contributed by atoms with Gasteiger partial charge in [-0.25, -0.2) is 0 Å². The zero-order valence-electron chi connectivity index (χ0n) is 12.2. The molecule has 0 unspecified atom stereocenters. The number of halogens is 1. The first-order valence-electron chi connectivity index (χ1n) is 6.88. The molecule has 0 radical (unpaired) electrons. The first-order chi connectivity index (χ1) is 10.1. The molecule has 0 atom stereocenters. The zero-order chi connectivity index (χ0) is 15.2. The second-order valence-electron chi connectivity index (χ2n) is 4.94. The van der Waals surface area contributed by atoms with Gasteiger partial charge in [-0.15, -0.1) is 0 Å². The highest BCUT2D eigenvalue weighted by atomic mass is 35.5. The maximum Gasteiger partial charge on any atom is 0.287 e. The molecule has 1 aromatic heterocycles. The number of nitrogens with one attached hydrogen (secondary N) is 1. The monoisotopic (exact) mass is 306 g/mol. The summed E-state index contributed by atoms with van der Waals surface area (Å²) in [5, 5.41) is 3.03. The van der Waals surface area contributed by atoms with Crippen molar-refractivity contribution >= 4 is 17.5 Å². The fourth-order valence-electron chi connectivity index (χ4n) is 1.97. The normalized spacial score (nSPS) is 10.9. The number of furan rings is 1. The lowest BCUT2D eigenvalue weighted by Crippen LogP contribution is -2.22. The molecule has 2 aromatic rings. The van der Waals surface area contributed by atoms with Gasteiger partial charge in [0.1, 0.15) is 0 Å². The van der Waals surface area contributed by atoms with Crippen molar-refractivity contribution in [1.82, 2.24) is 10.2 Å². The van der Waals surface area contributed by atoms with Crippen molar-refractivity contribution in [3.8, 4) is 0 Å². The molecule has 0 aliphatic carbocycles. The Morgan fingerprint density at radius 2 is 2.05 bits per heavy atom. The maximum atomic E-state index is 11.9. The van der Waals surface area contributed by atoms with Gasteiger partial charge < -0.3 is 14.6 Å². The summed E-state index contributed by atoms with van der Waals surface area (Å²) < 4.78 is 5.07. The summed E-state index contributed by atoms with van der Waals surface area (Å²) in [6, 6.07) is 11.3. The summed E-state index contributed by atoms with van der Waals surface area (Å²) in [7, 11) is 2.08. The van der Waals surface area contributed by atoms with Crippen LogP contribution in [0.5, 0.6) is 0 Å². The third kappa shape index (κ3) is 4.62. The molecule has 2 rings (SSSR count). The molecule has 0 aliphatic heterocycles. The van der Waals surface area contributed by atoms with Crippen molar-refractivity contribution in [2.24, 2.45) is 0 Å². The van der Waals surface area contributed by atoms with Crippen LogP contribution in [0.4, 0.5) is 0 Å². The van der Waals surface area contributed by atoms with Crippen molar-refractivity contribution in [1.29, 1.82) is 0 Å². The second-order valence-corrected chi connectivity index (χ2v) is 5.31. The third-order valence-electron chi connectivity index (χ3n) is 3.23. The summed E-state index contributed by atoms with van der Waals surface area (Å²) in [6.45, 7) is 4.48. The standard InChI is InChI=1S/C16H19ClN2O2/c1-3-19(2)11-13-6-4-5-12(9-13)10-18-16(20)14-7-8-15(17)21-14/h4-9H,3,10-11H2,1-2H3,(H,18,20). The summed E-state index contributed by atoms with van der Waals surface area (Å²) in [4.78, 5) is 14.1. The van der Waals surface area contributed by atoms with Crippen LogP contribution in [0.15, 0.2) is 40.8 Å². The van der Waals surface area contributed by atoms with Crippen LogP contribution in [0.1, 0.15) is 28.6 Å². The topological polar surface area (TPSA) is 45.5 Å². The Labute approximate surface area is 129 Å². The highest BCUT2D eigenvalue weighted by Gasteiger charge is 2.10. The number of carbonyl (C=O) groups is 1. The lowest BCUT2D eigenvalue weighted by molar-refractivity contribution is 0.0923. The summed E-state index contributed by atoms with van der Waals surface area (Å²) in [5.41, 5.74) is 2.29. The molecular formula is C16H19ClN2O2. The first kappa shape index (κ1) is 15.6. The smallest absolute Gasteiger partial charge is 0.287 e. The second kappa shape index (κ2) is 7.29. The Morgan fingerprint density at radius 3 is 2.71 bits per heavy atom. The molecule has 0 saturated carbocycles. The molecule has 0 saturated heterocycles. The molecule has 1 amide bonds. The van der Waals surface area contributed by atoms with Crippen LogP contribution in [0, 0.1) is 0 Å². The Balaban J connectivity index is 1.94. The van der Waals surface area contributed by atoms with Crippen LogP contribution in [0.25, 0.3) is 0 Å². The van der Waals surface area contributed by atoms with Crippen molar-refractivity contribution in [2.75, 3.05) is 13.6 Å². The number of carbonyl (C=O) groups excluding carboxylic acids is 1. The van der Waals surface area contributed by atoms with Gasteiger partial charge in [0.15, 0.2) is 11.0 Å². The van der Waals surface area contributed by atoms with Crippen LogP contribution in [0.3, 0.4) is 0 Å². The van der Waals surface area contributed by atoms with E-state index in [1.54, 1.807) is 12.1 Å². The third-order valence-corrected chi connectivity index (χ3v) is 3.44. The van der Waals surface area contributed by atoms with E-state index in [9.17, 15) is 4.79 Å². The average Bonchev–Trinajstić information content (AvgIpc) is 2.91. The number of hydrogen-bond acceptors (Lipinski definition) is 3. The van der Waals surface area contributed by atoms with Crippen molar-refractivity contribution in [3.63, 3.8) is 0 Å². The number of hydrogen-bond donors (Lipinski definition) is 1. The Hall–Kier alpha value is -1.78. The van der Waals surface area contributed by atoms with Gasteiger partial charge in [0.05, 0.1) is 0 Å². The van der Waals surface area contributed by atoms with E-state index >= 15 is 0 Å². The molecule has 1 heterocycles. The Morgan fingerprint density at radius 1 is 1.29 bits per heavy atom. The number of rotatable bonds is 6. The predicted octanol–water partition coefficient (Wildman–Crippen LogP) is 3.31. The highest BCUT2D eigenvalue weighted by molar-refractivity contribution is 6.29. The molecule has 0 spiro atoms. The minimum Gasteiger partial charge on any atom is -0.440 e. The fourth-order valence-corrected chi connectivity index (χ4v) is 2.11. The molecule has 1 aromatic carbocycles. The van der Waals surface area contributed by atoms with Gasteiger partial charge in [0.25, 0.3) is 5.91 Å². The molecule has 0 fully saturated rings. The molecule has 1 N–H and O–H groups in total. The van der Waals surface area contributed by atoms with E-state index in [0.29, 0.717) is 6.54 Å². The minimum atomic E-state index is -0.266. The van der Waals surface area contributed by atoms with Gasteiger partial charge in [-0.1, -0.05) is 31.2 Å². The van der Waals surface area contributed by atoms with E-state index in [-0.39, 0.29) is 16.9 Å². The van der Waals surface area contributed by atoms with Crippen LogP contribution in [-0.4, -0.2) is 24.4 Å². The molecule has 4 nitrogen and oxygen atoms in total. The summed E-state index contributed by atoms with van der Waals surface area (Å²) in [5.74, 6) is -0.0418. The van der Waals surface area contributed by atoms with E-state index in [1.165, 1.54) is 5.56 Å². The Bertz CT molecular complexity index is 610. The maximum absolute atomic E-state index is 11.9. The van der Waals surface area contributed by atoms with Crippen molar-refractivity contribution in [2.45, 2.75) is 20.0 Å². The molecular weight excluding hydrogens is 288 g/mol. The van der Waals surface area contributed by atoms with Crippen LogP contribution in [0.2, 0.25) is 5.22 Å². The SMILES string of the molecule is CCN(C)Cc1cccc(CNC(=O)c2ccc(Cl)o2)c1. The minimum absolute atomic E-state index is 0.213. The van der Waals surface area contributed by atoms with Gasteiger partial charge in [-0.3, -0.25) is 4.79 Å². The predicted molar refractivity (Wildman–Crippen MR) is 83.3 cm³/mol. The van der Waals surface area contributed by atoms with Crippen LogP contribution in [-0.2, 0) is 13.1 Å². The van der Waals surface area contributed by atoms with Crippen molar-refractivity contribution in [3.05, 3.63) is 58.5 Å². The first-order valence-corrected chi connectivity index (χ1v) is 7.26.